The number of benzene rings is 1. The minimum Gasteiger partial charge on any atom is -0.496 e. The van der Waals surface area contributed by atoms with Crippen molar-refractivity contribution in [2.45, 2.75) is 39.8 Å². The summed E-state index contributed by atoms with van der Waals surface area (Å²) in [6.07, 6.45) is 0. The number of morpholine rings is 1. The first kappa shape index (κ1) is 21.6. The molecule has 3 aromatic rings. The highest BCUT2D eigenvalue weighted by atomic mass is 16.5. The Labute approximate surface area is 193 Å². The lowest BCUT2D eigenvalue weighted by Crippen LogP contribution is -2.55. The largest absolute Gasteiger partial charge is 0.496 e. The van der Waals surface area contributed by atoms with E-state index in [0.29, 0.717) is 31.2 Å². The Bertz CT molecular complexity index is 1250. The summed E-state index contributed by atoms with van der Waals surface area (Å²) in [7, 11) is 3.72. The van der Waals surface area contributed by atoms with Crippen LogP contribution in [0.25, 0.3) is 22.4 Å². The molecule has 5 rings (SSSR count). The molecule has 0 atom stereocenters. The van der Waals surface area contributed by atoms with Crippen molar-refractivity contribution in [1.29, 1.82) is 0 Å². The topological polar surface area (TPSA) is 81.6 Å². The van der Waals surface area contributed by atoms with E-state index < -0.39 is 0 Å². The Morgan fingerprint density at radius 3 is 2.64 bits per heavy atom. The summed E-state index contributed by atoms with van der Waals surface area (Å²) in [4.78, 5) is 15.3. The number of H-pyrrole nitrogens is 1. The number of nitrogens with zero attached hydrogens (tertiary/aromatic N) is 3. The summed E-state index contributed by atoms with van der Waals surface area (Å²) < 4.78 is 19.5. The standard InChI is InChI=1S/C25H30N4O4/c1-14-9-16(15(2)28(14)5)17-10-18-21(11-20(17)31-6)33-12-19-22(18)26-27-23(19)24(30)29-7-8-32-13-25(29,3)4/h9-11H,7-8,12-13H2,1-6H3,(H,26,27). The van der Waals surface area contributed by atoms with Crippen LogP contribution in [0.3, 0.4) is 0 Å². The minimum atomic E-state index is -0.385. The van der Waals surface area contributed by atoms with Crippen molar-refractivity contribution in [2.24, 2.45) is 7.05 Å². The van der Waals surface area contributed by atoms with Crippen molar-refractivity contribution >= 4 is 5.91 Å². The number of nitrogens with one attached hydrogen (secondary N) is 1. The number of methoxy groups -OCH3 is 1. The molecule has 0 unspecified atom stereocenters. The van der Waals surface area contributed by atoms with Crippen molar-refractivity contribution < 1.29 is 19.0 Å². The maximum atomic E-state index is 13.5. The summed E-state index contributed by atoms with van der Waals surface area (Å²) in [6.45, 7) is 10.1. The third-order valence-electron chi connectivity index (χ3n) is 6.97. The number of hydrogen-bond donors (Lipinski definition) is 1. The molecule has 0 bridgehead atoms. The summed E-state index contributed by atoms with van der Waals surface area (Å²) in [5.41, 5.74) is 6.87. The molecule has 2 aliphatic rings. The molecule has 4 heterocycles. The van der Waals surface area contributed by atoms with E-state index in [0.717, 1.165) is 39.4 Å². The van der Waals surface area contributed by atoms with Crippen LogP contribution in [0.4, 0.5) is 0 Å². The van der Waals surface area contributed by atoms with Crippen LogP contribution >= 0.6 is 0 Å². The Kier molecular flexibility index (Phi) is 5.01. The second-order valence-corrected chi connectivity index (χ2v) is 9.43. The van der Waals surface area contributed by atoms with E-state index in [-0.39, 0.29) is 18.1 Å². The molecule has 1 N–H and O–H groups in total. The van der Waals surface area contributed by atoms with Gasteiger partial charge in [-0.3, -0.25) is 9.89 Å². The smallest absolute Gasteiger partial charge is 0.272 e. The first-order valence-electron chi connectivity index (χ1n) is 11.2. The summed E-state index contributed by atoms with van der Waals surface area (Å²) in [5, 5.41) is 7.57. The number of carbonyl (C=O) groups excluding carboxylic acids is 1. The summed E-state index contributed by atoms with van der Waals surface area (Å²) >= 11 is 0. The van der Waals surface area contributed by atoms with Crippen molar-refractivity contribution in [1.82, 2.24) is 19.7 Å². The van der Waals surface area contributed by atoms with Gasteiger partial charge in [0.25, 0.3) is 5.91 Å². The van der Waals surface area contributed by atoms with Gasteiger partial charge in [0.1, 0.15) is 29.5 Å². The normalized spacial score (nSPS) is 16.7. The number of amides is 1. The predicted octanol–water partition coefficient (Wildman–Crippen LogP) is 3.85. The lowest BCUT2D eigenvalue weighted by molar-refractivity contribution is -0.0374. The average molecular weight is 451 g/mol. The number of ether oxygens (including phenoxy) is 3. The SMILES string of the molecule is COc1cc2c(cc1-c1cc(C)n(C)c1C)-c1n[nH]c(C(=O)N3CCOCC3(C)C)c1CO2. The van der Waals surface area contributed by atoms with E-state index in [1.807, 2.05) is 24.8 Å². The van der Waals surface area contributed by atoms with Gasteiger partial charge >= 0.3 is 0 Å². The molecule has 1 aromatic carbocycles. The van der Waals surface area contributed by atoms with Gasteiger partial charge in [-0.2, -0.15) is 5.10 Å². The Hall–Kier alpha value is -3.26. The second-order valence-electron chi connectivity index (χ2n) is 9.43. The van der Waals surface area contributed by atoms with E-state index >= 15 is 0 Å². The third-order valence-corrected chi connectivity index (χ3v) is 6.97. The Morgan fingerprint density at radius 2 is 1.97 bits per heavy atom. The number of aromatic nitrogens is 3. The van der Waals surface area contributed by atoms with Crippen molar-refractivity contribution in [3.63, 3.8) is 0 Å². The number of carbonyl (C=O) groups is 1. The average Bonchev–Trinajstić information content (AvgIpc) is 3.34. The van der Waals surface area contributed by atoms with Crippen LogP contribution in [0.15, 0.2) is 18.2 Å². The van der Waals surface area contributed by atoms with Gasteiger partial charge in [-0.15, -0.1) is 0 Å². The molecular weight excluding hydrogens is 420 g/mol. The van der Waals surface area contributed by atoms with Gasteiger partial charge in [-0.1, -0.05) is 0 Å². The molecule has 8 nitrogen and oxygen atoms in total. The van der Waals surface area contributed by atoms with Crippen LogP contribution < -0.4 is 9.47 Å². The van der Waals surface area contributed by atoms with E-state index in [2.05, 4.69) is 47.8 Å². The zero-order chi connectivity index (χ0) is 23.5. The predicted molar refractivity (Wildman–Crippen MR) is 125 cm³/mol. The van der Waals surface area contributed by atoms with Crippen LogP contribution in [0.1, 0.15) is 41.3 Å². The maximum absolute atomic E-state index is 13.5. The summed E-state index contributed by atoms with van der Waals surface area (Å²) in [6, 6.07) is 6.13. The Balaban J connectivity index is 1.60. The molecule has 1 saturated heterocycles. The maximum Gasteiger partial charge on any atom is 0.272 e. The first-order chi connectivity index (χ1) is 15.7. The molecule has 0 radical (unpaired) electrons. The molecule has 33 heavy (non-hydrogen) atoms. The van der Waals surface area contributed by atoms with E-state index in [9.17, 15) is 4.79 Å². The molecule has 0 aliphatic carbocycles. The quantitative estimate of drug-likeness (QED) is 0.656. The highest BCUT2D eigenvalue weighted by Gasteiger charge is 2.38. The van der Waals surface area contributed by atoms with Crippen molar-refractivity contribution in [3.05, 3.63) is 40.8 Å². The molecule has 0 saturated carbocycles. The van der Waals surface area contributed by atoms with Gasteiger partial charge in [0.2, 0.25) is 0 Å². The lowest BCUT2D eigenvalue weighted by atomic mass is 9.95. The number of aryl methyl sites for hydroxylation is 1. The molecule has 1 amide bonds. The van der Waals surface area contributed by atoms with Gasteiger partial charge in [0.15, 0.2) is 0 Å². The fourth-order valence-corrected chi connectivity index (χ4v) is 4.80. The van der Waals surface area contributed by atoms with Crippen LogP contribution in [0.5, 0.6) is 11.5 Å². The molecule has 174 valence electrons. The van der Waals surface area contributed by atoms with Gasteiger partial charge in [-0.05, 0) is 39.8 Å². The summed E-state index contributed by atoms with van der Waals surface area (Å²) in [5.74, 6) is 1.37. The number of hydrogen-bond acceptors (Lipinski definition) is 5. The van der Waals surface area contributed by atoms with E-state index in [4.69, 9.17) is 14.2 Å². The number of aromatic amines is 1. The fraction of sp³-hybridized carbons (Fsp3) is 0.440. The highest BCUT2D eigenvalue weighted by molar-refractivity contribution is 5.97. The second kappa shape index (κ2) is 7.66. The van der Waals surface area contributed by atoms with E-state index in [1.54, 1.807) is 7.11 Å². The Morgan fingerprint density at radius 1 is 1.18 bits per heavy atom. The van der Waals surface area contributed by atoms with Crippen LogP contribution in [0.2, 0.25) is 0 Å². The number of fused-ring (bicyclic) bond motifs is 3. The zero-order valence-electron chi connectivity index (χ0n) is 20.0. The van der Waals surface area contributed by atoms with Crippen molar-refractivity contribution in [2.75, 3.05) is 26.9 Å². The molecule has 0 spiro atoms. The van der Waals surface area contributed by atoms with Gasteiger partial charge in [-0.25, -0.2) is 0 Å². The third kappa shape index (κ3) is 3.31. The first-order valence-corrected chi connectivity index (χ1v) is 11.2. The molecule has 2 aliphatic heterocycles. The van der Waals surface area contributed by atoms with Gasteiger partial charge in [0.05, 0.1) is 25.9 Å². The molecule has 1 fully saturated rings. The van der Waals surface area contributed by atoms with Crippen molar-refractivity contribution in [3.8, 4) is 33.9 Å². The van der Waals surface area contributed by atoms with Crippen LogP contribution in [-0.2, 0) is 18.4 Å². The molecular formula is C25H30N4O4. The minimum absolute atomic E-state index is 0.0765. The van der Waals surface area contributed by atoms with Gasteiger partial charge < -0.3 is 23.7 Å². The number of rotatable bonds is 3. The lowest BCUT2D eigenvalue weighted by Gasteiger charge is -2.42. The van der Waals surface area contributed by atoms with Crippen LogP contribution in [-0.4, -0.2) is 58.0 Å². The van der Waals surface area contributed by atoms with E-state index in [1.165, 1.54) is 5.69 Å². The molecule has 8 heteroatoms. The zero-order valence-corrected chi connectivity index (χ0v) is 20.0. The van der Waals surface area contributed by atoms with Crippen LogP contribution in [0, 0.1) is 13.8 Å². The monoisotopic (exact) mass is 450 g/mol. The fourth-order valence-electron chi connectivity index (χ4n) is 4.80. The highest BCUT2D eigenvalue weighted by Crippen LogP contribution is 2.45. The molecule has 2 aromatic heterocycles. The van der Waals surface area contributed by atoms with Gasteiger partial charge in [0, 0.05) is 53.3 Å².